The Kier molecular flexibility index (Phi) is 14.4. The van der Waals surface area contributed by atoms with Gasteiger partial charge in [-0.2, -0.15) is 150 Å². The number of amides is 1. The van der Waals surface area contributed by atoms with Gasteiger partial charge in [0, 0.05) is 18.0 Å². The van der Waals surface area contributed by atoms with Crippen LogP contribution in [-0.2, 0) is 4.79 Å². The fraction of sp³-hybridized carbons (Fsp3) is 0.714. The number of rotatable bonds is 19. The van der Waals surface area contributed by atoms with Crippen molar-refractivity contribution in [3.8, 4) is 0 Å². The van der Waals surface area contributed by atoms with Gasteiger partial charge in [-0.05, 0) is 31.5 Å². The van der Waals surface area contributed by atoms with E-state index in [-0.39, 0.29) is 12.5 Å². The van der Waals surface area contributed by atoms with Crippen molar-refractivity contribution in [2.45, 2.75) is 121 Å². The number of benzene rings is 1. The van der Waals surface area contributed by atoms with E-state index in [0.29, 0.717) is 12.1 Å². The van der Waals surface area contributed by atoms with Crippen molar-refractivity contribution >= 4 is 17.7 Å². The van der Waals surface area contributed by atoms with Crippen LogP contribution in [0.4, 0.5) is 151 Å². The number of isocyanates is 1. The molecule has 1 aromatic rings. The molecule has 4 nitrogen and oxygen atoms in total. The lowest BCUT2D eigenvalue weighted by Gasteiger charge is -2.47. The number of aliphatic imine (C=N–C) groups is 1. The molecule has 1 rings (SSSR count). The Morgan fingerprint density at radius 2 is 0.738 bits per heavy atom. The highest BCUT2D eigenvalue weighted by molar-refractivity contribution is 5.95. The molecule has 0 fully saturated rings. The summed E-state index contributed by atoms with van der Waals surface area (Å²) in [6, 6.07) is -0.706. The van der Waals surface area contributed by atoms with Gasteiger partial charge in [-0.1, -0.05) is 6.07 Å². The van der Waals surface area contributed by atoms with Crippen LogP contribution in [0.1, 0.15) is 29.3 Å². The molecule has 0 aliphatic carbocycles. The number of nitrogens with zero attached hydrogens (tertiary/aromatic N) is 1. The molecule has 378 valence electrons. The van der Waals surface area contributed by atoms with E-state index in [2.05, 4.69) is 4.99 Å². The second-order valence-corrected chi connectivity index (χ2v) is 13.0. The lowest BCUT2D eigenvalue weighted by molar-refractivity contribution is -0.491. The Labute approximate surface area is 334 Å². The zero-order valence-corrected chi connectivity index (χ0v) is 29.8. The molecule has 0 saturated carbocycles. The lowest BCUT2D eigenvalue weighted by atomic mass is 9.82. The van der Waals surface area contributed by atoms with Gasteiger partial charge < -0.3 is 5.32 Å². The van der Waals surface area contributed by atoms with Crippen LogP contribution in [0.15, 0.2) is 23.2 Å². The number of alkyl halides is 33. The van der Waals surface area contributed by atoms with E-state index in [1.807, 2.05) is 0 Å². The highest BCUT2D eigenvalue weighted by Crippen LogP contribution is 2.70. The molecular formula is C28H13F33N2O2. The molecule has 0 aliphatic rings. The molecule has 0 heterocycles. The van der Waals surface area contributed by atoms with Crippen LogP contribution >= 0.6 is 0 Å². The van der Waals surface area contributed by atoms with Crippen LogP contribution < -0.4 is 5.32 Å². The van der Waals surface area contributed by atoms with E-state index >= 15 is 0 Å². The summed E-state index contributed by atoms with van der Waals surface area (Å²) in [7, 11) is 0. The van der Waals surface area contributed by atoms with Crippen LogP contribution in [0, 0.1) is 6.92 Å². The number of nitrogens with one attached hydrogen (secondary N) is 1. The third-order valence-electron chi connectivity index (χ3n) is 8.52. The normalized spacial score (nSPS) is 16.3. The number of hydrogen-bond donors (Lipinski definition) is 1. The summed E-state index contributed by atoms with van der Waals surface area (Å²) in [5, 5.41) is 1.20. The van der Waals surface area contributed by atoms with Crippen LogP contribution in [0.2, 0.25) is 0 Å². The van der Waals surface area contributed by atoms with Crippen LogP contribution in [-0.4, -0.2) is 113 Å². The molecule has 0 saturated heterocycles. The monoisotopic (exact) mass is 1040 g/mol. The van der Waals surface area contributed by atoms with Gasteiger partial charge in [-0.15, -0.1) is 0 Å². The van der Waals surface area contributed by atoms with Crippen molar-refractivity contribution in [3.05, 3.63) is 29.3 Å². The van der Waals surface area contributed by atoms with Crippen molar-refractivity contribution in [2.24, 2.45) is 4.99 Å². The van der Waals surface area contributed by atoms with Gasteiger partial charge in [0.25, 0.3) is 5.91 Å². The van der Waals surface area contributed by atoms with Gasteiger partial charge in [0.15, 0.2) is 0 Å². The van der Waals surface area contributed by atoms with Gasteiger partial charge in [0.2, 0.25) is 6.08 Å². The van der Waals surface area contributed by atoms with Crippen LogP contribution in [0.3, 0.4) is 0 Å². The van der Waals surface area contributed by atoms with Gasteiger partial charge in [-0.3, -0.25) is 4.79 Å². The number of carbonyl (C=O) groups is 1. The fourth-order valence-electron chi connectivity index (χ4n) is 4.56. The second-order valence-electron chi connectivity index (χ2n) is 13.0. The van der Waals surface area contributed by atoms with E-state index in [9.17, 15) is 154 Å². The Hall–Kier alpha value is -4.24. The second kappa shape index (κ2) is 15.9. The maximum Gasteiger partial charge on any atom is 0.460 e. The third-order valence-corrected chi connectivity index (χ3v) is 8.52. The molecule has 0 spiro atoms. The van der Waals surface area contributed by atoms with Crippen molar-refractivity contribution in [2.75, 3.05) is 0 Å². The summed E-state index contributed by atoms with van der Waals surface area (Å²) < 4.78 is 456. The molecule has 0 bridgehead atoms. The summed E-state index contributed by atoms with van der Waals surface area (Å²) in [6.07, 6.45) is -10.8. The average Bonchev–Trinajstić information content (AvgIpc) is 3.10. The molecule has 1 N–H and O–H groups in total. The van der Waals surface area contributed by atoms with E-state index < -0.39 is 125 Å². The first-order chi connectivity index (χ1) is 28.0. The molecule has 0 radical (unpaired) electrons. The Bertz CT molecular complexity index is 1980. The average molecular weight is 1040 g/mol. The van der Waals surface area contributed by atoms with E-state index in [1.54, 1.807) is 0 Å². The lowest BCUT2D eigenvalue weighted by Crippen LogP contribution is -2.80. The van der Waals surface area contributed by atoms with Crippen molar-refractivity contribution in [1.82, 2.24) is 5.32 Å². The Morgan fingerprint density at radius 3 is 1.00 bits per heavy atom. The first kappa shape index (κ1) is 58.8. The van der Waals surface area contributed by atoms with Crippen molar-refractivity contribution in [3.63, 3.8) is 0 Å². The van der Waals surface area contributed by atoms with Gasteiger partial charge in [-0.25, -0.2) is 4.79 Å². The fourth-order valence-corrected chi connectivity index (χ4v) is 4.56. The highest BCUT2D eigenvalue weighted by Gasteiger charge is 3.01. The molecule has 0 aliphatic heterocycles. The van der Waals surface area contributed by atoms with Gasteiger partial charge >= 0.3 is 95.0 Å². The molecule has 1 amide bonds. The summed E-state index contributed by atoms with van der Waals surface area (Å²) in [4.78, 5) is 25.7. The number of hydrogen-bond acceptors (Lipinski definition) is 3. The third kappa shape index (κ3) is 7.81. The predicted octanol–water partition coefficient (Wildman–Crippen LogP) is 12.6. The summed E-state index contributed by atoms with van der Waals surface area (Å²) in [5.41, 5.74) is -1.25. The summed E-state index contributed by atoms with van der Waals surface area (Å²) >= 11 is 0. The number of halogens is 33. The van der Waals surface area contributed by atoms with Crippen molar-refractivity contribution in [1.29, 1.82) is 0 Å². The topological polar surface area (TPSA) is 58.5 Å². The minimum Gasteiger partial charge on any atom is -0.349 e. The SMILES string of the molecule is Cc1ccc(C(=O)NC(C)CC(F)(F)C(F)(F)C(F)(F)C(F)(F)C(F)(F)C(F)(F)C(F)(F)C(F)(F)C(F)(F)C(F)(F)C(F)(F)C(F)(F)C(F)(F)C(F)(F)C(F)(F)C(F)(F)F)cc1N=C=O. The predicted molar refractivity (Wildman–Crippen MR) is 141 cm³/mol. The minimum atomic E-state index is -10.3. The number of carbonyl (C=O) groups excluding carboxylic acids is 2. The van der Waals surface area contributed by atoms with E-state index in [4.69, 9.17) is 0 Å². The zero-order valence-electron chi connectivity index (χ0n) is 29.8. The van der Waals surface area contributed by atoms with Crippen molar-refractivity contribution < 1.29 is 154 Å². The Morgan fingerprint density at radius 1 is 0.477 bits per heavy atom. The molecule has 1 atom stereocenters. The molecule has 37 heteroatoms. The summed E-state index contributed by atoms with van der Waals surface area (Å²) in [6.45, 7) is 1.21. The summed E-state index contributed by atoms with van der Waals surface area (Å²) in [5.74, 6) is -146. The first-order valence-electron chi connectivity index (χ1n) is 15.2. The van der Waals surface area contributed by atoms with Gasteiger partial charge in [0.1, 0.15) is 0 Å². The number of aryl methyl sites for hydroxylation is 1. The maximum atomic E-state index is 14.4. The smallest absolute Gasteiger partial charge is 0.349 e. The standard InChI is InChI=1S/C28H13F33N2O2/c1-8-3-4-10(5-11(8)62-7-64)12(65)63-9(2)6-13(29,30)14(31,32)15(33,34)16(35,36)17(37,38)18(39,40)19(41,42)20(43,44)21(45,46)22(47,48)23(49,50)24(51,52)25(53,54)26(55,56)27(57,58)28(59,60)61/h3-5,9H,6H2,1-2H3,(H,63,65). The quantitative estimate of drug-likeness (QED) is 0.0853. The zero-order chi connectivity index (χ0) is 52.8. The first-order valence-corrected chi connectivity index (χ1v) is 15.2. The maximum absolute atomic E-state index is 14.4. The minimum absolute atomic E-state index is 0.0298. The van der Waals surface area contributed by atoms with E-state index in [0.717, 1.165) is 12.1 Å². The largest absolute Gasteiger partial charge is 0.460 e. The van der Waals surface area contributed by atoms with E-state index in [1.165, 1.54) is 12.2 Å². The van der Waals surface area contributed by atoms with Crippen LogP contribution in [0.5, 0.6) is 0 Å². The highest BCUT2D eigenvalue weighted by atomic mass is 19.4. The molecule has 1 aromatic carbocycles. The molecule has 65 heavy (non-hydrogen) atoms. The molecular weight excluding hydrogens is 1020 g/mol. The molecule has 1 unspecified atom stereocenters. The van der Waals surface area contributed by atoms with Gasteiger partial charge in [0.05, 0.1) is 5.69 Å². The Balaban J connectivity index is 3.87. The van der Waals surface area contributed by atoms with Crippen LogP contribution in [0.25, 0.3) is 0 Å². The molecule has 0 aromatic heterocycles.